The largest absolute Gasteiger partial charge is 0.573 e. The summed E-state index contributed by atoms with van der Waals surface area (Å²) in [4.78, 5) is 18.9. The smallest absolute Gasteiger partial charge is 0.406 e. The van der Waals surface area contributed by atoms with Crippen LogP contribution in [0.1, 0.15) is 36.0 Å². The zero-order valence-corrected chi connectivity index (χ0v) is 15.2. The zero-order valence-electron chi connectivity index (χ0n) is 15.2. The minimum atomic E-state index is -4.76. The van der Waals surface area contributed by atoms with Crippen LogP contribution in [0.5, 0.6) is 5.75 Å². The Labute approximate surface area is 156 Å². The van der Waals surface area contributed by atoms with E-state index in [2.05, 4.69) is 9.72 Å². The van der Waals surface area contributed by atoms with Gasteiger partial charge in [-0.2, -0.15) is 0 Å². The second-order valence-electron chi connectivity index (χ2n) is 6.97. The number of benzene rings is 1. The summed E-state index contributed by atoms with van der Waals surface area (Å²) in [6.45, 7) is 2.35. The van der Waals surface area contributed by atoms with Gasteiger partial charge in [-0.25, -0.2) is 0 Å². The summed E-state index contributed by atoms with van der Waals surface area (Å²) in [5.74, 6) is -0.397. The Kier molecular flexibility index (Phi) is 5.13. The first kappa shape index (κ1) is 19.2. The maximum Gasteiger partial charge on any atom is 0.573 e. The molecule has 0 aliphatic heterocycles. The predicted octanol–water partition coefficient (Wildman–Crippen LogP) is 4.37. The van der Waals surface area contributed by atoms with Crippen molar-refractivity contribution in [3.63, 3.8) is 0 Å². The van der Waals surface area contributed by atoms with Crippen LogP contribution in [-0.4, -0.2) is 29.2 Å². The van der Waals surface area contributed by atoms with Gasteiger partial charge in [0.05, 0.1) is 5.41 Å². The van der Waals surface area contributed by atoms with Crippen molar-refractivity contribution in [3.8, 4) is 5.75 Å². The lowest BCUT2D eigenvalue weighted by Crippen LogP contribution is -2.49. The van der Waals surface area contributed by atoms with Crippen molar-refractivity contribution < 1.29 is 22.7 Å². The maximum atomic E-state index is 13.2. The molecule has 4 nitrogen and oxygen atoms in total. The van der Waals surface area contributed by atoms with Crippen molar-refractivity contribution in [2.45, 2.75) is 44.5 Å². The molecule has 27 heavy (non-hydrogen) atoms. The van der Waals surface area contributed by atoms with Gasteiger partial charge in [0, 0.05) is 26.0 Å². The topological polar surface area (TPSA) is 42.4 Å². The van der Waals surface area contributed by atoms with Crippen molar-refractivity contribution in [2.24, 2.45) is 0 Å². The Balaban J connectivity index is 1.83. The van der Waals surface area contributed by atoms with E-state index < -0.39 is 11.8 Å². The van der Waals surface area contributed by atoms with Gasteiger partial charge in [-0.05, 0) is 54.7 Å². The molecular weight excluding hydrogens is 357 g/mol. The van der Waals surface area contributed by atoms with Crippen LogP contribution < -0.4 is 4.74 Å². The Bertz CT molecular complexity index is 832. The van der Waals surface area contributed by atoms with Crippen LogP contribution in [0.2, 0.25) is 0 Å². The third-order valence-corrected chi connectivity index (χ3v) is 5.14. The Morgan fingerprint density at radius 1 is 1.30 bits per heavy atom. The number of aryl methyl sites for hydroxylation is 1. The molecule has 0 spiro atoms. The lowest BCUT2D eigenvalue weighted by molar-refractivity contribution is -0.274. The van der Waals surface area contributed by atoms with Gasteiger partial charge in [0.25, 0.3) is 0 Å². The SMILES string of the molecule is Cc1ccncc1CN(C)C(=O)C1(c2cccc(OC(F)(F)F)c2)CCC1. The van der Waals surface area contributed by atoms with E-state index in [0.29, 0.717) is 24.9 Å². The molecule has 1 amide bonds. The van der Waals surface area contributed by atoms with Crippen molar-refractivity contribution in [3.05, 3.63) is 59.4 Å². The molecule has 0 bridgehead atoms. The van der Waals surface area contributed by atoms with E-state index >= 15 is 0 Å². The average Bonchev–Trinajstić information content (AvgIpc) is 2.54. The molecule has 144 valence electrons. The molecule has 1 aromatic carbocycles. The number of aromatic nitrogens is 1. The molecule has 0 radical (unpaired) electrons. The number of nitrogens with zero attached hydrogens (tertiary/aromatic N) is 2. The van der Waals surface area contributed by atoms with E-state index in [9.17, 15) is 18.0 Å². The highest BCUT2D eigenvalue weighted by atomic mass is 19.4. The highest BCUT2D eigenvalue weighted by Gasteiger charge is 2.47. The van der Waals surface area contributed by atoms with E-state index in [1.807, 2.05) is 13.0 Å². The third-order valence-electron chi connectivity index (χ3n) is 5.14. The normalized spacial score (nSPS) is 15.7. The number of amides is 1. The lowest BCUT2D eigenvalue weighted by atomic mass is 9.63. The molecule has 1 aliphatic carbocycles. The van der Waals surface area contributed by atoms with Gasteiger partial charge in [0.15, 0.2) is 0 Å². The number of carbonyl (C=O) groups excluding carboxylic acids is 1. The molecule has 1 aliphatic rings. The number of rotatable bonds is 5. The van der Waals surface area contributed by atoms with Crippen LogP contribution in [0.25, 0.3) is 0 Å². The number of hydrogen-bond donors (Lipinski definition) is 0. The Morgan fingerprint density at radius 3 is 2.63 bits per heavy atom. The van der Waals surface area contributed by atoms with Crippen LogP contribution in [0.4, 0.5) is 13.2 Å². The second-order valence-corrected chi connectivity index (χ2v) is 6.97. The van der Waals surface area contributed by atoms with Gasteiger partial charge >= 0.3 is 6.36 Å². The van der Waals surface area contributed by atoms with E-state index in [1.54, 1.807) is 30.4 Å². The summed E-state index contributed by atoms with van der Waals surface area (Å²) in [6, 6.07) is 7.65. The van der Waals surface area contributed by atoms with Gasteiger partial charge in [-0.3, -0.25) is 9.78 Å². The van der Waals surface area contributed by atoms with Crippen LogP contribution in [0.15, 0.2) is 42.7 Å². The molecule has 1 saturated carbocycles. The van der Waals surface area contributed by atoms with E-state index in [-0.39, 0.29) is 11.7 Å². The number of ether oxygens (including phenoxy) is 1. The standard InChI is InChI=1S/C20H21F3N2O2/c1-14-7-10-24-12-15(14)13-25(2)18(26)19(8-4-9-19)16-5-3-6-17(11-16)27-20(21,22)23/h3,5-7,10-12H,4,8-9,13H2,1-2H3. The van der Waals surface area contributed by atoms with Crippen molar-refractivity contribution in [1.82, 2.24) is 9.88 Å². The molecule has 1 aromatic heterocycles. The van der Waals surface area contributed by atoms with E-state index in [0.717, 1.165) is 17.5 Å². The summed E-state index contributed by atoms with van der Waals surface area (Å²) in [7, 11) is 1.71. The third kappa shape index (κ3) is 4.07. The molecule has 1 heterocycles. The van der Waals surface area contributed by atoms with Crippen molar-refractivity contribution in [2.75, 3.05) is 7.05 Å². The number of alkyl halides is 3. The fourth-order valence-corrected chi connectivity index (χ4v) is 3.50. The predicted molar refractivity (Wildman–Crippen MR) is 94.1 cm³/mol. The highest BCUT2D eigenvalue weighted by Crippen LogP contribution is 2.46. The molecule has 7 heteroatoms. The second kappa shape index (κ2) is 7.21. The monoisotopic (exact) mass is 378 g/mol. The first-order valence-electron chi connectivity index (χ1n) is 8.73. The zero-order chi connectivity index (χ0) is 19.7. The van der Waals surface area contributed by atoms with Gasteiger partial charge < -0.3 is 9.64 Å². The summed E-state index contributed by atoms with van der Waals surface area (Å²) in [6.07, 6.45) is 0.736. The van der Waals surface area contributed by atoms with Crippen LogP contribution in [0.3, 0.4) is 0 Å². The fourth-order valence-electron chi connectivity index (χ4n) is 3.50. The Morgan fingerprint density at radius 2 is 2.04 bits per heavy atom. The summed E-state index contributed by atoms with van der Waals surface area (Å²) in [5, 5.41) is 0. The van der Waals surface area contributed by atoms with E-state index in [1.165, 1.54) is 18.2 Å². The quantitative estimate of drug-likeness (QED) is 0.776. The van der Waals surface area contributed by atoms with Crippen molar-refractivity contribution >= 4 is 5.91 Å². The average molecular weight is 378 g/mol. The maximum absolute atomic E-state index is 13.2. The van der Waals surface area contributed by atoms with Gasteiger partial charge in [0.2, 0.25) is 5.91 Å². The number of halogens is 3. The summed E-state index contributed by atoms with van der Waals surface area (Å²) in [5.41, 5.74) is 1.75. The van der Waals surface area contributed by atoms with Crippen LogP contribution >= 0.6 is 0 Å². The fraction of sp³-hybridized carbons (Fsp3) is 0.400. The first-order chi connectivity index (χ1) is 12.7. The molecule has 0 N–H and O–H groups in total. The summed E-state index contributed by atoms with van der Waals surface area (Å²) >= 11 is 0. The van der Waals surface area contributed by atoms with Gasteiger partial charge in [-0.1, -0.05) is 18.6 Å². The molecule has 0 atom stereocenters. The van der Waals surface area contributed by atoms with Crippen LogP contribution in [0, 0.1) is 6.92 Å². The molecule has 2 aromatic rings. The summed E-state index contributed by atoms with van der Waals surface area (Å²) < 4.78 is 41.6. The van der Waals surface area contributed by atoms with Gasteiger partial charge in [0.1, 0.15) is 5.75 Å². The number of likely N-dealkylation sites (N-methyl/N-ethyl adjacent to an activating group) is 1. The minimum Gasteiger partial charge on any atom is -0.406 e. The molecule has 1 fully saturated rings. The molecule has 3 rings (SSSR count). The number of pyridine rings is 1. The van der Waals surface area contributed by atoms with Gasteiger partial charge in [-0.15, -0.1) is 13.2 Å². The lowest BCUT2D eigenvalue weighted by Gasteiger charge is -2.43. The Hall–Kier alpha value is -2.57. The minimum absolute atomic E-state index is 0.0961. The number of hydrogen-bond acceptors (Lipinski definition) is 3. The van der Waals surface area contributed by atoms with Crippen molar-refractivity contribution in [1.29, 1.82) is 0 Å². The number of carbonyl (C=O) groups is 1. The molecule has 0 saturated heterocycles. The molecular formula is C20H21F3N2O2. The van der Waals surface area contributed by atoms with Crippen LogP contribution in [-0.2, 0) is 16.8 Å². The highest BCUT2D eigenvalue weighted by molar-refractivity contribution is 5.89. The first-order valence-corrected chi connectivity index (χ1v) is 8.73. The van der Waals surface area contributed by atoms with E-state index in [4.69, 9.17) is 0 Å². The molecule has 0 unspecified atom stereocenters.